The third-order valence-electron chi connectivity index (χ3n) is 29.2. The summed E-state index contributed by atoms with van der Waals surface area (Å²) in [4.78, 5) is 29.9. The topological polar surface area (TPSA) is 141 Å². The van der Waals surface area contributed by atoms with Crippen molar-refractivity contribution < 1.29 is 13.3 Å². The lowest BCUT2D eigenvalue weighted by Gasteiger charge is -2.12. The molecule has 11 heterocycles. The summed E-state index contributed by atoms with van der Waals surface area (Å²) in [5, 5.41) is 24.4. The average molecular weight is 1840 g/mol. The van der Waals surface area contributed by atoms with Crippen LogP contribution in [0.1, 0.15) is 0 Å². The summed E-state index contributed by atoms with van der Waals surface area (Å²) in [5.41, 5.74) is 30.1. The fourth-order valence-electron chi connectivity index (χ4n) is 22.7. The van der Waals surface area contributed by atoms with Crippen LogP contribution in [-0.2, 0) is 0 Å². The SMILES string of the molecule is c1cc(-c2cccc(-n3c4ccccc4c4ccc5ccccc5c43)c2)cc(-c2cnc3oc4ccc5ccccc5c4c3n2)c1.c1ccc(-n2c3ccccc3c3cc(-c4ccc5c(c4)c4ccccc4n5-c4cnc5oc6ccc7ccccc7c6c5n4)ccc32)cc1.c1ccc(-n2c3ccccc3c3cc(-c4ccc5c6ccccc6n(-c6cnc7oc8ccc9ccccc9c8c7n6)c5c4)ccc32)cc1. The third-order valence-corrected chi connectivity index (χ3v) is 29.2. The Morgan fingerprint density at radius 2 is 0.486 bits per heavy atom. The lowest BCUT2D eigenvalue weighted by Crippen LogP contribution is -1.98. The smallest absolute Gasteiger partial charge is 0.246 e. The van der Waals surface area contributed by atoms with Crippen LogP contribution in [-0.4, -0.2) is 52.7 Å². The number of hydrogen-bond acceptors (Lipinski definition) is 9. The lowest BCUT2D eigenvalue weighted by atomic mass is 10.0. The predicted molar refractivity (Wildman–Crippen MR) is 591 cm³/mol. The fraction of sp³-hybridized carbons (Fsp3) is 0. The van der Waals surface area contributed by atoms with Crippen molar-refractivity contribution in [1.29, 1.82) is 0 Å². The molecule has 0 radical (unpaired) electrons. The number of nitrogens with zero attached hydrogens (tertiary/aromatic N) is 11. The van der Waals surface area contributed by atoms with Crippen LogP contribution in [0, 0.1) is 0 Å². The molecule has 11 aromatic heterocycles. The molecule has 32 rings (SSSR count). The molecule has 21 aromatic carbocycles. The summed E-state index contributed by atoms with van der Waals surface area (Å²) in [7, 11) is 0. The highest BCUT2D eigenvalue weighted by molar-refractivity contribution is 6.23. The van der Waals surface area contributed by atoms with Crippen LogP contribution in [0.15, 0.2) is 481 Å². The van der Waals surface area contributed by atoms with Crippen LogP contribution in [0.5, 0.6) is 0 Å². The van der Waals surface area contributed by atoms with Gasteiger partial charge in [-0.15, -0.1) is 0 Å². The zero-order valence-electron chi connectivity index (χ0n) is 77.1. The monoisotopic (exact) mass is 1840 g/mol. The standard InChI is InChI=1S/2C44H26N4O.C42H25N3O/c1-2-11-30(12-3-1)47-36-16-8-7-15-33(36)35-24-28(19-22-38(35)47)29-18-21-34-32-14-6-9-17-37(32)48(39(34)25-29)41-26-45-44-43(46-41)42-31-13-5-4-10-27(31)20-23-40(42)49-44;1-2-11-30(12-3-1)47-36-16-8-6-14-32(36)34-24-28(18-21-38(34)47)29-19-22-39-35(25-29)33-15-7-9-17-37(33)48(39)41-26-45-44-43(46-41)42-31-13-5-4-10-27(31)20-23-40(42)49-44;1-3-15-32-26(9-1)20-22-38-39(32)40-42(46-38)43-25-36(44-40)30-13-7-11-28(23-30)29-12-8-14-31(24-29)45-37-18-6-5-17-34(37)35-21-19-27-10-2-4-16-33(27)41(35)45/h2*1-26H;1-25H. The first-order chi connectivity index (χ1) is 71.4. The molecule has 0 N–H and O–H groups in total. The molecule has 14 heteroatoms. The number of benzene rings is 21. The number of hydrogen-bond donors (Lipinski definition) is 0. The fourth-order valence-corrected chi connectivity index (χ4v) is 22.7. The largest absolute Gasteiger partial charge is 0.436 e. The third kappa shape index (κ3) is 12.6. The van der Waals surface area contributed by atoms with E-state index in [1.807, 2.05) is 36.8 Å². The van der Waals surface area contributed by atoms with E-state index in [-0.39, 0.29) is 0 Å². The highest BCUT2D eigenvalue weighted by Gasteiger charge is 2.26. The number of fused-ring (bicyclic) bond motifs is 32. The molecule has 0 fully saturated rings. The zero-order chi connectivity index (χ0) is 94.3. The van der Waals surface area contributed by atoms with E-state index in [0.29, 0.717) is 17.1 Å². The minimum Gasteiger partial charge on any atom is -0.436 e. The van der Waals surface area contributed by atoms with Gasteiger partial charge in [-0.05, 0) is 205 Å². The van der Waals surface area contributed by atoms with Crippen LogP contribution in [0.4, 0.5) is 0 Å². The van der Waals surface area contributed by atoms with Crippen LogP contribution < -0.4 is 0 Å². The highest BCUT2D eigenvalue weighted by atomic mass is 16.3. The average Bonchev–Trinajstić information content (AvgIpc) is 1.58. The van der Waals surface area contributed by atoms with E-state index in [2.05, 4.69) is 454 Å². The van der Waals surface area contributed by atoms with Gasteiger partial charge in [0.25, 0.3) is 0 Å². The van der Waals surface area contributed by atoms with Crippen LogP contribution in [0.25, 0.3) is 292 Å². The maximum absolute atomic E-state index is 6.20. The molecule has 14 nitrogen and oxygen atoms in total. The number of furan rings is 3. The summed E-state index contributed by atoms with van der Waals surface area (Å²) in [6.45, 7) is 0. The molecule has 0 unspecified atom stereocenters. The molecule has 0 aliphatic heterocycles. The Morgan fingerprint density at radius 3 is 0.972 bits per heavy atom. The molecular weight excluding hydrogens is 1760 g/mol. The van der Waals surface area contributed by atoms with E-state index < -0.39 is 0 Å². The van der Waals surface area contributed by atoms with Gasteiger partial charge in [0.05, 0.1) is 95.6 Å². The van der Waals surface area contributed by atoms with Gasteiger partial charge in [-0.25, -0.2) is 29.9 Å². The second-order valence-electron chi connectivity index (χ2n) is 37.1. The molecular formula is C130H77N11O3. The van der Waals surface area contributed by atoms with E-state index in [4.69, 9.17) is 43.2 Å². The molecule has 32 aromatic rings. The number of rotatable bonds is 9. The summed E-state index contributed by atoms with van der Waals surface area (Å²) in [6, 6.07) is 159. The molecule has 0 bridgehead atoms. The van der Waals surface area contributed by atoms with Crippen LogP contribution in [0.3, 0.4) is 0 Å². The van der Waals surface area contributed by atoms with Crippen molar-refractivity contribution in [3.8, 4) is 73.3 Å². The Bertz CT molecular complexity index is 11000. The zero-order valence-corrected chi connectivity index (χ0v) is 77.1. The molecule has 0 saturated carbocycles. The van der Waals surface area contributed by atoms with Crippen molar-refractivity contribution >= 4 is 219 Å². The summed E-state index contributed by atoms with van der Waals surface area (Å²) < 4.78 is 30.1. The predicted octanol–water partition coefficient (Wildman–Crippen LogP) is 33.9. The van der Waals surface area contributed by atoms with E-state index >= 15 is 0 Å². The second-order valence-corrected chi connectivity index (χ2v) is 37.1. The van der Waals surface area contributed by atoms with Gasteiger partial charge in [0, 0.05) is 81.9 Å². The van der Waals surface area contributed by atoms with E-state index in [1.165, 1.54) is 109 Å². The molecule has 670 valence electrons. The summed E-state index contributed by atoms with van der Waals surface area (Å²) in [6.07, 6.45) is 5.46. The van der Waals surface area contributed by atoms with Gasteiger partial charge in [-0.1, -0.05) is 315 Å². The van der Waals surface area contributed by atoms with Crippen molar-refractivity contribution in [2.24, 2.45) is 0 Å². The maximum atomic E-state index is 6.20. The summed E-state index contributed by atoms with van der Waals surface area (Å²) >= 11 is 0. The Morgan fingerprint density at radius 1 is 0.174 bits per heavy atom. The van der Waals surface area contributed by atoms with Crippen molar-refractivity contribution in [2.45, 2.75) is 0 Å². The maximum Gasteiger partial charge on any atom is 0.246 e. The van der Waals surface area contributed by atoms with E-state index in [1.54, 1.807) is 0 Å². The van der Waals surface area contributed by atoms with E-state index in [0.717, 1.165) is 166 Å². The molecule has 0 saturated heterocycles. The van der Waals surface area contributed by atoms with Crippen molar-refractivity contribution in [1.82, 2.24) is 52.7 Å². The minimum atomic E-state index is 0.541. The highest BCUT2D eigenvalue weighted by Crippen LogP contribution is 2.47. The van der Waals surface area contributed by atoms with Gasteiger partial charge in [0.2, 0.25) is 17.1 Å². The minimum absolute atomic E-state index is 0.541. The normalized spacial score (nSPS) is 12.0. The Kier molecular flexibility index (Phi) is 17.8. The Balaban J connectivity index is 0.000000101. The van der Waals surface area contributed by atoms with Gasteiger partial charge in [0.15, 0.2) is 11.6 Å². The number of aromatic nitrogens is 11. The van der Waals surface area contributed by atoms with Crippen LogP contribution >= 0.6 is 0 Å². The van der Waals surface area contributed by atoms with Crippen molar-refractivity contribution in [2.75, 3.05) is 0 Å². The van der Waals surface area contributed by atoms with Gasteiger partial charge < -0.3 is 27.0 Å². The van der Waals surface area contributed by atoms with Gasteiger partial charge in [-0.2, -0.15) is 0 Å². The van der Waals surface area contributed by atoms with Crippen molar-refractivity contribution in [3.05, 3.63) is 468 Å². The summed E-state index contributed by atoms with van der Waals surface area (Å²) in [5.74, 6) is 1.52. The molecule has 144 heavy (non-hydrogen) atoms. The first kappa shape index (κ1) is 80.4. The molecule has 0 aliphatic rings. The Labute approximate surface area is 820 Å². The molecule has 0 aliphatic carbocycles. The van der Waals surface area contributed by atoms with Gasteiger partial charge in [-0.3, -0.25) is 9.13 Å². The van der Waals surface area contributed by atoms with Crippen molar-refractivity contribution in [3.63, 3.8) is 0 Å². The first-order valence-electron chi connectivity index (χ1n) is 48.5. The first-order valence-corrected chi connectivity index (χ1v) is 48.5. The number of para-hydroxylation sites is 7. The van der Waals surface area contributed by atoms with Gasteiger partial charge >= 0.3 is 0 Å². The van der Waals surface area contributed by atoms with Crippen LogP contribution in [0.2, 0.25) is 0 Å². The molecule has 0 atom stereocenters. The molecule has 0 spiro atoms. The quantitative estimate of drug-likeness (QED) is 0.138. The molecule has 0 amide bonds. The van der Waals surface area contributed by atoms with Gasteiger partial charge in [0.1, 0.15) is 33.3 Å². The second kappa shape index (κ2) is 31.9. The lowest BCUT2D eigenvalue weighted by molar-refractivity contribution is 0.652. The van der Waals surface area contributed by atoms with E-state index in [9.17, 15) is 0 Å². The Hall–Kier alpha value is -19.7.